The summed E-state index contributed by atoms with van der Waals surface area (Å²) in [7, 11) is 0. The fourth-order valence-electron chi connectivity index (χ4n) is 1.46. The Bertz CT molecular complexity index is 144. The molecule has 0 aromatic rings. The van der Waals surface area contributed by atoms with E-state index in [-0.39, 0.29) is 18.2 Å². The van der Waals surface area contributed by atoms with Gasteiger partial charge in [0, 0.05) is 13.3 Å². The fraction of sp³-hybridized carbons (Fsp3) is 0.875. The summed E-state index contributed by atoms with van der Waals surface area (Å²) in [4.78, 5) is 10.5. The van der Waals surface area contributed by atoms with Gasteiger partial charge in [-0.05, 0) is 19.3 Å². The molecule has 1 N–H and O–H groups in total. The van der Waals surface area contributed by atoms with Gasteiger partial charge in [0.25, 0.3) is 0 Å². The molecule has 0 saturated heterocycles. The summed E-state index contributed by atoms with van der Waals surface area (Å²) < 4.78 is 4.96. The Morgan fingerprint density at radius 1 is 1.55 bits per heavy atom. The van der Waals surface area contributed by atoms with Gasteiger partial charge < -0.3 is 9.84 Å². The lowest BCUT2D eigenvalue weighted by molar-refractivity contribution is -0.149. The van der Waals surface area contributed by atoms with Crippen molar-refractivity contribution in [2.75, 3.05) is 0 Å². The number of esters is 1. The zero-order valence-corrected chi connectivity index (χ0v) is 6.75. The summed E-state index contributed by atoms with van der Waals surface area (Å²) in [5.74, 6) is -0.246. The van der Waals surface area contributed by atoms with Crippen LogP contribution >= 0.6 is 0 Å². The molecule has 0 amide bonds. The molecule has 1 rings (SSSR count). The van der Waals surface area contributed by atoms with Gasteiger partial charge in [-0.3, -0.25) is 4.79 Å². The molecule has 1 fully saturated rings. The normalized spacial score (nSPS) is 31.5. The first-order valence-corrected chi connectivity index (χ1v) is 4.04. The molecule has 0 bridgehead atoms. The van der Waals surface area contributed by atoms with Crippen molar-refractivity contribution in [2.24, 2.45) is 0 Å². The number of hydrogen-bond acceptors (Lipinski definition) is 3. The van der Waals surface area contributed by atoms with Crippen LogP contribution in [-0.2, 0) is 9.53 Å². The van der Waals surface area contributed by atoms with Crippen LogP contribution in [0.5, 0.6) is 0 Å². The van der Waals surface area contributed by atoms with E-state index in [0.29, 0.717) is 6.42 Å². The minimum Gasteiger partial charge on any atom is -0.462 e. The Morgan fingerprint density at radius 2 is 2.27 bits per heavy atom. The van der Waals surface area contributed by atoms with E-state index in [0.717, 1.165) is 19.3 Å². The standard InChI is InChI=1S/C8H14O3/c1-6(9)11-8-4-2-3-7(10)5-8/h7-8,10H,2-5H2,1H3/t7-,8?/m0/s1. The third-order valence-corrected chi connectivity index (χ3v) is 1.93. The summed E-state index contributed by atoms with van der Waals surface area (Å²) in [6.07, 6.45) is 3.00. The molecule has 1 aliphatic carbocycles. The van der Waals surface area contributed by atoms with Crippen molar-refractivity contribution in [3.8, 4) is 0 Å². The number of hydrogen-bond donors (Lipinski definition) is 1. The second kappa shape index (κ2) is 3.72. The Hall–Kier alpha value is -0.570. The minimum absolute atomic E-state index is 0.0451. The molecule has 3 nitrogen and oxygen atoms in total. The first kappa shape index (κ1) is 8.53. The number of carbonyl (C=O) groups excluding carboxylic acids is 1. The molecule has 2 atom stereocenters. The van der Waals surface area contributed by atoms with E-state index in [1.807, 2.05) is 0 Å². The third-order valence-electron chi connectivity index (χ3n) is 1.93. The Labute approximate surface area is 66.4 Å². The van der Waals surface area contributed by atoms with Crippen molar-refractivity contribution < 1.29 is 14.6 Å². The van der Waals surface area contributed by atoms with Crippen molar-refractivity contribution in [3.05, 3.63) is 0 Å². The summed E-state index contributed by atoms with van der Waals surface area (Å²) in [6, 6.07) is 0. The van der Waals surface area contributed by atoms with Crippen LogP contribution in [0.25, 0.3) is 0 Å². The van der Waals surface area contributed by atoms with Gasteiger partial charge >= 0.3 is 5.97 Å². The van der Waals surface area contributed by atoms with Gasteiger partial charge in [0.2, 0.25) is 0 Å². The molecule has 1 aliphatic rings. The number of aliphatic hydroxyl groups excluding tert-OH is 1. The Morgan fingerprint density at radius 3 is 2.82 bits per heavy atom. The van der Waals surface area contributed by atoms with Gasteiger partial charge in [-0.1, -0.05) is 0 Å². The molecule has 64 valence electrons. The van der Waals surface area contributed by atoms with Crippen LogP contribution in [0.2, 0.25) is 0 Å². The van der Waals surface area contributed by atoms with E-state index in [1.54, 1.807) is 0 Å². The summed E-state index contributed by atoms with van der Waals surface area (Å²) >= 11 is 0. The second-order valence-electron chi connectivity index (χ2n) is 3.05. The molecule has 0 aliphatic heterocycles. The first-order chi connectivity index (χ1) is 5.18. The van der Waals surface area contributed by atoms with Crippen molar-refractivity contribution in [3.63, 3.8) is 0 Å². The highest BCUT2D eigenvalue weighted by Gasteiger charge is 2.21. The molecule has 0 aromatic heterocycles. The van der Waals surface area contributed by atoms with Gasteiger partial charge in [-0.25, -0.2) is 0 Å². The monoisotopic (exact) mass is 158 g/mol. The van der Waals surface area contributed by atoms with Crippen molar-refractivity contribution in [1.29, 1.82) is 0 Å². The van der Waals surface area contributed by atoms with Crippen LogP contribution in [0.3, 0.4) is 0 Å². The maximum absolute atomic E-state index is 10.5. The SMILES string of the molecule is CC(=O)OC1CCC[C@H](O)C1. The van der Waals surface area contributed by atoms with Gasteiger partial charge in [-0.2, -0.15) is 0 Å². The maximum atomic E-state index is 10.5. The minimum atomic E-state index is -0.270. The topological polar surface area (TPSA) is 46.5 Å². The number of ether oxygens (including phenoxy) is 1. The van der Waals surface area contributed by atoms with Crippen LogP contribution in [-0.4, -0.2) is 23.3 Å². The summed E-state index contributed by atoms with van der Waals surface area (Å²) in [6.45, 7) is 1.40. The quantitative estimate of drug-likeness (QED) is 0.575. The summed E-state index contributed by atoms with van der Waals surface area (Å²) in [5, 5.41) is 9.20. The van der Waals surface area contributed by atoms with Crippen molar-refractivity contribution >= 4 is 5.97 Å². The molecule has 11 heavy (non-hydrogen) atoms. The van der Waals surface area contributed by atoms with E-state index in [9.17, 15) is 9.90 Å². The highest BCUT2D eigenvalue weighted by Crippen LogP contribution is 2.20. The fourth-order valence-corrected chi connectivity index (χ4v) is 1.46. The van der Waals surface area contributed by atoms with E-state index < -0.39 is 0 Å². The number of aliphatic hydroxyl groups is 1. The highest BCUT2D eigenvalue weighted by molar-refractivity contribution is 5.66. The second-order valence-corrected chi connectivity index (χ2v) is 3.05. The highest BCUT2D eigenvalue weighted by atomic mass is 16.5. The zero-order chi connectivity index (χ0) is 8.27. The average molecular weight is 158 g/mol. The van der Waals surface area contributed by atoms with Gasteiger partial charge in [-0.15, -0.1) is 0 Å². The number of carbonyl (C=O) groups is 1. The van der Waals surface area contributed by atoms with Gasteiger partial charge in [0.05, 0.1) is 6.10 Å². The molecule has 0 radical (unpaired) electrons. The molecule has 3 heteroatoms. The van der Waals surface area contributed by atoms with Crippen molar-refractivity contribution in [1.82, 2.24) is 0 Å². The predicted molar refractivity (Wildman–Crippen MR) is 40.0 cm³/mol. The largest absolute Gasteiger partial charge is 0.462 e. The number of rotatable bonds is 1. The molecular weight excluding hydrogens is 144 g/mol. The lowest BCUT2D eigenvalue weighted by Crippen LogP contribution is -2.27. The molecule has 0 heterocycles. The van der Waals surface area contributed by atoms with Crippen LogP contribution in [0, 0.1) is 0 Å². The maximum Gasteiger partial charge on any atom is 0.302 e. The zero-order valence-electron chi connectivity index (χ0n) is 6.75. The van der Waals surface area contributed by atoms with Crippen LogP contribution in [0.4, 0.5) is 0 Å². The Kier molecular flexibility index (Phi) is 2.88. The molecule has 0 spiro atoms. The van der Waals surface area contributed by atoms with Crippen LogP contribution in [0.1, 0.15) is 32.6 Å². The van der Waals surface area contributed by atoms with E-state index >= 15 is 0 Å². The molecular formula is C8H14O3. The van der Waals surface area contributed by atoms with Crippen LogP contribution < -0.4 is 0 Å². The first-order valence-electron chi connectivity index (χ1n) is 4.04. The smallest absolute Gasteiger partial charge is 0.302 e. The Balaban J connectivity index is 2.28. The van der Waals surface area contributed by atoms with Gasteiger partial charge in [0.1, 0.15) is 6.10 Å². The van der Waals surface area contributed by atoms with E-state index in [1.165, 1.54) is 6.92 Å². The lowest BCUT2D eigenvalue weighted by Gasteiger charge is -2.24. The van der Waals surface area contributed by atoms with Gasteiger partial charge in [0.15, 0.2) is 0 Å². The molecule has 0 aromatic carbocycles. The lowest BCUT2D eigenvalue weighted by atomic mass is 9.95. The average Bonchev–Trinajstić information content (AvgIpc) is 1.85. The predicted octanol–water partition coefficient (Wildman–Crippen LogP) is 0.853. The third kappa shape index (κ3) is 2.89. The van der Waals surface area contributed by atoms with Crippen LogP contribution in [0.15, 0.2) is 0 Å². The summed E-state index contributed by atoms with van der Waals surface area (Å²) in [5.41, 5.74) is 0. The van der Waals surface area contributed by atoms with E-state index in [2.05, 4.69) is 0 Å². The molecule has 1 saturated carbocycles. The van der Waals surface area contributed by atoms with E-state index in [4.69, 9.17) is 4.74 Å². The molecule has 1 unspecified atom stereocenters. The van der Waals surface area contributed by atoms with Crippen molar-refractivity contribution in [2.45, 2.75) is 44.8 Å².